The summed E-state index contributed by atoms with van der Waals surface area (Å²) in [5.74, 6) is 4.99. The molecule has 6 N–H and O–H groups in total. The SMILES string of the molecule is CC(C)(C)CC1CCCC1.CC(C)(C)CC1CCCCC1.CC(C)(C)CC1CCCCN1.CC(C)(C)CC1CCCCO1.CC(C)(C)CC1CCN1.CC(C)(C)CC1CCNC1.CC(C)(C)CC1CCNCC1.CC(C)(C)CC1CNC1.CC(C)(C)CC1COCCN1.CC(C)(C)CN1CCC1.CC(C)(C)CN1CCCC1.CC(C)(C)CN1CCOCC1. The monoisotopic (exact) mass is 1740 g/mol. The molecule has 12 aliphatic rings. The highest BCUT2D eigenvalue weighted by Crippen LogP contribution is 2.38. The Morgan fingerprint density at radius 3 is 0.870 bits per heavy atom. The molecule has 12 rings (SSSR count). The van der Waals surface area contributed by atoms with Crippen LogP contribution in [0.2, 0.25) is 0 Å². The van der Waals surface area contributed by atoms with E-state index in [1.165, 1.54) is 297 Å². The van der Waals surface area contributed by atoms with Crippen LogP contribution in [0.4, 0.5) is 0 Å². The Balaban J connectivity index is 0.000000671. The van der Waals surface area contributed by atoms with Crippen molar-refractivity contribution in [3.63, 3.8) is 0 Å². The Morgan fingerprint density at radius 1 is 0.220 bits per heavy atom. The summed E-state index contributed by atoms with van der Waals surface area (Å²) in [6.45, 7) is 110. The molecule has 0 amide bonds. The van der Waals surface area contributed by atoms with Gasteiger partial charge in [-0.25, -0.2) is 0 Å². The van der Waals surface area contributed by atoms with Crippen molar-refractivity contribution in [1.82, 2.24) is 46.6 Å². The number of nitrogens with one attached hydrogen (secondary N) is 6. The molecule has 0 aromatic heterocycles. The predicted molar refractivity (Wildman–Crippen MR) is 549 cm³/mol. The van der Waals surface area contributed by atoms with E-state index in [9.17, 15) is 0 Å². The zero-order valence-corrected chi connectivity index (χ0v) is 90.9. The van der Waals surface area contributed by atoms with Gasteiger partial charge in [-0.1, -0.05) is 313 Å². The van der Waals surface area contributed by atoms with E-state index in [0.717, 1.165) is 94.3 Å². The molecule has 2 saturated carbocycles. The van der Waals surface area contributed by atoms with Crippen molar-refractivity contribution in [3.05, 3.63) is 0 Å². The lowest BCUT2D eigenvalue weighted by Gasteiger charge is -2.36. The Bertz CT molecular complexity index is 2060. The molecule has 10 aliphatic heterocycles. The second kappa shape index (κ2) is 60.7. The van der Waals surface area contributed by atoms with Crippen LogP contribution < -0.4 is 31.9 Å². The molecule has 12 nitrogen and oxygen atoms in total. The maximum absolute atomic E-state index is 5.65. The smallest absolute Gasteiger partial charge is 0.0620 e. The lowest BCUT2D eigenvalue weighted by molar-refractivity contribution is -0.00700. The summed E-state index contributed by atoms with van der Waals surface area (Å²) in [4.78, 5) is 7.56. The van der Waals surface area contributed by atoms with Crippen molar-refractivity contribution in [1.29, 1.82) is 0 Å². The van der Waals surface area contributed by atoms with E-state index in [-0.39, 0.29) is 0 Å². The van der Waals surface area contributed by atoms with E-state index in [0.29, 0.717) is 77.1 Å². The zero-order chi connectivity index (χ0) is 93.5. The summed E-state index contributed by atoms with van der Waals surface area (Å²) in [6, 6.07) is 2.19. The minimum absolute atomic E-state index is 0.415. The molecule has 0 bridgehead atoms. The lowest BCUT2D eigenvalue weighted by atomic mass is 9.78. The largest absolute Gasteiger partial charge is 0.379 e. The van der Waals surface area contributed by atoms with Crippen LogP contribution in [0.3, 0.4) is 0 Å². The van der Waals surface area contributed by atoms with Gasteiger partial charge in [0.25, 0.3) is 0 Å². The fourth-order valence-corrected chi connectivity index (χ4v) is 19.9. The molecule has 738 valence electrons. The Hall–Kier alpha value is -0.480. The van der Waals surface area contributed by atoms with Gasteiger partial charge in [-0.2, -0.15) is 0 Å². The van der Waals surface area contributed by atoms with Crippen LogP contribution in [0.1, 0.15) is 448 Å². The Labute approximate surface area is 774 Å². The van der Waals surface area contributed by atoms with Crippen molar-refractivity contribution >= 4 is 0 Å². The molecule has 5 atom stereocenters. The number of morpholine rings is 2. The number of nitrogens with zero attached hydrogens (tertiary/aromatic N) is 3. The first-order chi connectivity index (χ1) is 56.4. The second-order valence-corrected chi connectivity index (χ2v) is 55.6. The maximum atomic E-state index is 5.65. The average molecular weight is 1740 g/mol. The van der Waals surface area contributed by atoms with Crippen molar-refractivity contribution in [2.24, 2.45) is 94.6 Å². The van der Waals surface area contributed by atoms with Crippen molar-refractivity contribution in [2.75, 3.05) is 151 Å². The molecule has 10 heterocycles. The third-order valence-corrected chi connectivity index (χ3v) is 24.6. The molecule has 0 aromatic carbocycles. The van der Waals surface area contributed by atoms with Crippen LogP contribution in [0.15, 0.2) is 0 Å². The highest BCUT2D eigenvalue weighted by atomic mass is 16.5. The van der Waals surface area contributed by atoms with Crippen LogP contribution in [-0.2, 0) is 14.2 Å². The van der Waals surface area contributed by atoms with Gasteiger partial charge < -0.3 is 55.9 Å². The van der Waals surface area contributed by atoms with Gasteiger partial charge in [0.05, 0.1) is 32.5 Å². The highest BCUT2D eigenvalue weighted by molar-refractivity contribution is 4.86. The molecule has 5 unspecified atom stereocenters. The summed E-state index contributed by atoms with van der Waals surface area (Å²) < 4.78 is 16.3. The molecule has 0 spiro atoms. The van der Waals surface area contributed by atoms with Gasteiger partial charge >= 0.3 is 0 Å². The third-order valence-electron chi connectivity index (χ3n) is 24.6. The molecular formula is C111H231N9O3. The van der Waals surface area contributed by atoms with E-state index in [1.54, 1.807) is 0 Å². The second-order valence-electron chi connectivity index (χ2n) is 55.6. The number of hydrogen-bond acceptors (Lipinski definition) is 12. The fraction of sp³-hybridized carbons (Fsp3) is 1.00. The summed E-state index contributed by atoms with van der Waals surface area (Å²) >= 11 is 0. The van der Waals surface area contributed by atoms with Gasteiger partial charge in [-0.15, -0.1) is 0 Å². The number of hydrogen-bond donors (Lipinski definition) is 6. The number of likely N-dealkylation sites (tertiary alicyclic amines) is 2. The average Bonchev–Trinajstić information content (AvgIpc) is 1.85. The van der Waals surface area contributed by atoms with Crippen molar-refractivity contribution in [2.45, 2.75) is 473 Å². The van der Waals surface area contributed by atoms with E-state index in [4.69, 9.17) is 14.2 Å². The predicted octanol–water partition coefficient (Wildman–Crippen LogP) is 27.7. The molecule has 0 radical (unpaired) electrons. The lowest BCUT2D eigenvalue weighted by Crippen LogP contribution is -2.44. The first-order valence-electron chi connectivity index (χ1n) is 52.7. The molecule has 0 aromatic rings. The van der Waals surface area contributed by atoms with Crippen LogP contribution in [0, 0.1) is 94.6 Å². The van der Waals surface area contributed by atoms with E-state index < -0.39 is 0 Å². The summed E-state index contributed by atoms with van der Waals surface area (Å²) in [7, 11) is 0. The first kappa shape index (κ1) is 121. The number of ether oxygens (including phenoxy) is 3. The minimum atomic E-state index is 0.415. The van der Waals surface area contributed by atoms with Crippen LogP contribution in [0.5, 0.6) is 0 Å². The van der Waals surface area contributed by atoms with Gasteiger partial charge in [-0.05, 0) is 308 Å². The van der Waals surface area contributed by atoms with Crippen molar-refractivity contribution in [3.8, 4) is 0 Å². The van der Waals surface area contributed by atoms with Crippen LogP contribution >= 0.6 is 0 Å². The minimum Gasteiger partial charge on any atom is -0.379 e. The summed E-state index contributed by atoms with van der Waals surface area (Å²) in [5.41, 5.74) is 5.98. The van der Waals surface area contributed by atoms with Gasteiger partial charge in [0.2, 0.25) is 0 Å². The summed E-state index contributed by atoms with van der Waals surface area (Å²) in [5, 5.41) is 20.5. The summed E-state index contributed by atoms with van der Waals surface area (Å²) in [6.07, 6.45) is 43.9. The Kier molecular flexibility index (Phi) is 59.5. The van der Waals surface area contributed by atoms with E-state index >= 15 is 0 Å². The van der Waals surface area contributed by atoms with E-state index in [2.05, 4.69) is 296 Å². The van der Waals surface area contributed by atoms with Gasteiger partial charge in [-0.3, -0.25) is 4.90 Å². The van der Waals surface area contributed by atoms with Crippen molar-refractivity contribution < 1.29 is 14.2 Å². The quantitative estimate of drug-likeness (QED) is 0.112. The van der Waals surface area contributed by atoms with Gasteiger partial charge in [0, 0.05) is 64.0 Å². The number of rotatable bonds is 12. The number of piperidine rings is 2. The molecule has 123 heavy (non-hydrogen) atoms. The molecule has 2 aliphatic carbocycles. The van der Waals surface area contributed by atoms with Gasteiger partial charge in [0.15, 0.2) is 0 Å². The zero-order valence-electron chi connectivity index (χ0n) is 90.9. The first-order valence-corrected chi connectivity index (χ1v) is 52.7. The molecule has 10 saturated heterocycles. The topological polar surface area (TPSA) is 110 Å². The standard InChI is InChI=1S/C11H22.2C10H21N.C10H20O.C10H20.2C9H19NO.2C9H19N.3C8H17N/c1-11(2,3)9-10-7-5-4-6-8-10;1-10(2,3)8-9-4-6-11-7-5-9;2*1-10(2,3)8-9-6-4-5-7-11-9;1-10(2,3)8-9-6-4-5-7-9;1-9(2,3)8-10-4-6-11-7-5-10;1-9(2,3)6-8-7-11-5-4-10-8;1-9(2,3)6-8-4-5-10-7-8;1-9(2,3)8-10-6-4-5-7-10;1-8(2,3)4-7-5-9-6-7;1-8(2,3)6-7-4-5-9-7;1-8(2,3)7-9-5-4-6-9/h10H,4-9H2,1-3H3;2*9,11H,4-8H2,1-3H3;9H,4-8H2,1-3H3;9H,4-8H2,1-3H3;4-8H2,1-3H3;8,10H,4-7H2,1-3H3;8,10H,4-7H2,1-3H3;4-8H2,1-3H3;2*7,9H,4-6H2,1-3H3;4-7H2,1-3H3. The third kappa shape index (κ3) is 80.9. The van der Waals surface area contributed by atoms with Crippen LogP contribution in [0.25, 0.3) is 0 Å². The van der Waals surface area contributed by atoms with Gasteiger partial charge in [0.1, 0.15) is 0 Å². The van der Waals surface area contributed by atoms with Crippen LogP contribution in [-0.4, -0.2) is 190 Å². The fourth-order valence-electron chi connectivity index (χ4n) is 19.9. The molecule has 12 heteroatoms. The molecular weight excluding hydrogens is 1510 g/mol. The molecule has 12 fully saturated rings. The maximum Gasteiger partial charge on any atom is 0.0620 e. The highest BCUT2D eigenvalue weighted by Gasteiger charge is 2.30. The Morgan fingerprint density at radius 2 is 0.561 bits per heavy atom. The normalized spacial score (nSPS) is 24.1. The van der Waals surface area contributed by atoms with E-state index in [1.807, 2.05) is 0 Å².